The molecule has 3 nitrogen and oxygen atoms in total. The number of amides is 1. The molecular formula is C15H30N2OS. The van der Waals surface area contributed by atoms with Gasteiger partial charge in [-0.3, -0.25) is 10.1 Å². The number of hydrogen-bond donors (Lipinski definition) is 1. The molecule has 1 rings (SSSR count). The first-order valence-electron chi connectivity index (χ1n) is 7.51. The van der Waals surface area contributed by atoms with Gasteiger partial charge in [0, 0.05) is 6.04 Å². The van der Waals surface area contributed by atoms with Crippen LogP contribution in [0.4, 0.5) is 0 Å². The van der Waals surface area contributed by atoms with Crippen LogP contribution in [0.5, 0.6) is 0 Å². The van der Waals surface area contributed by atoms with E-state index in [1.54, 1.807) is 0 Å². The lowest BCUT2D eigenvalue weighted by atomic mass is 9.99. The monoisotopic (exact) mass is 286 g/mol. The molecule has 0 aromatic heterocycles. The van der Waals surface area contributed by atoms with E-state index in [2.05, 4.69) is 51.1 Å². The third-order valence-corrected chi connectivity index (χ3v) is 4.87. The molecule has 1 amide bonds. The van der Waals surface area contributed by atoms with Crippen LogP contribution in [0.2, 0.25) is 0 Å². The Hall–Kier alpha value is -0.220. The van der Waals surface area contributed by atoms with Gasteiger partial charge in [-0.1, -0.05) is 34.1 Å². The molecule has 4 unspecified atom stereocenters. The molecule has 0 saturated carbocycles. The lowest BCUT2D eigenvalue weighted by Gasteiger charge is -2.32. The molecule has 0 aromatic carbocycles. The average Bonchev–Trinajstić information content (AvgIpc) is 2.73. The highest BCUT2D eigenvalue weighted by Gasteiger charge is 2.43. The van der Waals surface area contributed by atoms with Crippen molar-refractivity contribution in [3.8, 4) is 0 Å². The summed E-state index contributed by atoms with van der Waals surface area (Å²) in [7, 11) is 0. The minimum absolute atomic E-state index is 0.00845. The Morgan fingerprint density at radius 3 is 2.42 bits per heavy atom. The zero-order valence-electron chi connectivity index (χ0n) is 13.3. The fourth-order valence-corrected chi connectivity index (χ4v) is 3.29. The van der Waals surface area contributed by atoms with Gasteiger partial charge in [0.1, 0.15) is 0 Å². The van der Waals surface area contributed by atoms with Gasteiger partial charge in [0.2, 0.25) is 5.91 Å². The van der Waals surface area contributed by atoms with Crippen molar-refractivity contribution in [2.75, 3.05) is 12.0 Å². The number of hydrogen-bond acceptors (Lipinski definition) is 3. The topological polar surface area (TPSA) is 32.3 Å². The second-order valence-electron chi connectivity index (χ2n) is 6.09. The molecule has 4 atom stereocenters. The van der Waals surface area contributed by atoms with Crippen molar-refractivity contribution in [1.29, 1.82) is 0 Å². The molecule has 19 heavy (non-hydrogen) atoms. The number of nitrogens with zero attached hydrogens (tertiary/aromatic N) is 1. The maximum absolute atomic E-state index is 12.7. The molecule has 112 valence electrons. The highest BCUT2D eigenvalue weighted by molar-refractivity contribution is 7.98. The van der Waals surface area contributed by atoms with Gasteiger partial charge < -0.3 is 4.90 Å². The van der Waals surface area contributed by atoms with Crippen LogP contribution < -0.4 is 5.32 Å². The quantitative estimate of drug-likeness (QED) is 0.781. The van der Waals surface area contributed by atoms with Crippen molar-refractivity contribution in [2.24, 2.45) is 11.8 Å². The summed E-state index contributed by atoms with van der Waals surface area (Å²) in [4.78, 5) is 14.8. The van der Waals surface area contributed by atoms with Gasteiger partial charge in [-0.25, -0.2) is 0 Å². The van der Waals surface area contributed by atoms with E-state index in [1.807, 2.05) is 11.8 Å². The van der Waals surface area contributed by atoms with Crippen molar-refractivity contribution in [2.45, 2.75) is 65.7 Å². The van der Waals surface area contributed by atoms with E-state index in [-0.39, 0.29) is 12.2 Å². The normalized spacial score (nSPS) is 27.1. The first kappa shape index (κ1) is 16.8. The van der Waals surface area contributed by atoms with Gasteiger partial charge in [-0.2, -0.15) is 11.8 Å². The van der Waals surface area contributed by atoms with E-state index in [0.29, 0.717) is 23.8 Å². The van der Waals surface area contributed by atoms with E-state index < -0.39 is 0 Å². The van der Waals surface area contributed by atoms with Crippen molar-refractivity contribution in [3.05, 3.63) is 0 Å². The Labute approximate surface area is 122 Å². The number of thioether (sulfide) groups is 1. The molecule has 0 bridgehead atoms. The summed E-state index contributed by atoms with van der Waals surface area (Å²) >= 11 is 1.85. The fraction of sp³-hybridized carbons (Fsp3) is 0.933. The van der Waals surface area contributed by atoms with Crippen LogP contribution in [0.15, 0.2) is 0 Å². The van der Waals surface area contributed by atoms with Gasteiger partial charge in [-0.05, 0) is 37.2 Å². The molecule has 4 heteroatoms. The number of carbonyl (C=O) groups is 1. The first-order valence-corrected chi connectivity index (χ1v) is 8.90. The van der Waals surface area contributed by atoms with Gasteiger partial charge >= 0.3 is 0 Å². The Balaban J connectivity index is 2.82. The molecule has 0 aliphatic carbocycles. The maximum atomic E-state index is 12.7. The minimum atomic E-state index is 0.00845. The largest absolute Gasteiger partial charge is 0.323 e. The number of nitrogens with one attached hydrogen (secondary N) is 1. The summed E-state index contributed by atoms with van der Waals surface area (Å²) in [6.07, 6.45) is 4.44. The van der Waals surface area contributed by atoms with E-state index in [4.69, 9.17) is 0 Å². The summed E-state index contributed by atoms with van der Waals surface area (Å²) in [5.74, 6) is 2.28. The SMILES string of the molecule is CCC(C)C1NC(C(C)C)N(C(C)CCSC)C1=O. The summed E-state index contributed by atoms with van der Waals surface area (Å²) in [5.41, 5.74) is 0. The van der Waals surface area contributed by atoms with Crippen molar-refractivity contribution < 1.29 is 4.79 Å². The molecule has 1 aliphatic heterocycles. The van der Waals surface area contributed by atoms with Crippen LogP contribution in [0, 0.1) is 11.8 Å². The molecule has 1 saturated heterocycles. The van der Waals surface area contributed by atoms with Crippen LogP contribution in [0.25, 0.3) is 0 Å². The van der Waals surface area contributed by atoms with Crippen molar-refractivity contribution in [3.63, 3.8) is 0 Å². The zero-order chi connectivity index (χ0) is 14.6. The van der Waals surface area contributed by atoms with E-state index in [9.17, 15) is 4.79 Å². The van der Waals surface area contributed by atoms with Gasteiger partial charge in [0.05, 0.1) is 12.2 Å². The Morgan fingerprint density at radius 1 is 1.32 bits per heavy atom. The number of rotatable bonds is 7. The molecule has 0 radical (unpaired) electrons. The van der Waals surface area contributed by atoms with Crippen molar-refractivity contribution >= 4 is 17.7 Å². The molecule has 1 N–H and O–H groups in total. The summed E-state index contributed by atoms with van der Waals surface area (Å²) in [6, 6.07) is 0.336. The average molecular weight is 286 g/mol. The van der Waals surface area contributed by atoms with Crippen LogP contribution in [-0.4, -0.2) is 41.1 Å². The summed E-state index contributed by atoms with van der Waals surface area (Å²) < 4.78 is 0. The maximum Gasteiger partial charge on any atom is 0.241 e. The lowest BCUT2D eigenvalue weighted by Crippen LogP contribution is -2.46. The van der Waals surface area contributed by atoms with Gasteiger partial charge in [0.15, 0.2) is 0 Å². The highest BCUT2D eigenvalue weighted by Crippen LogP contribution is 2.26. The predicted molar refractivity (Wildman–Crippen MR) is 84.3 cm³/mol. The third kappa shape index (κ3) is 3.88. The standard InChI is InChI=1S/C15H30N2OS/c1-7-11(4)13-15(18)17(12(5)8-9-19-6)14(16-13)10(2)3/h10-14,16H,7-9H2,1-6H3. The first-order chi connectivity index (χ1) is 8.93. The van der Waals surface area contributed by atoms with Crippen molar-refractivity contribution in [1.82, 2.24) is 10.2 Å². The van der Waals surface area contributed by atoms with Crippen LogP contribution in [-0.2, 0) is 4.79 Å². The molecule has 1 fully saturated rings. The molecule has 1 heterocycles. The molecule has 0 spiro atoms. The fourth-order valence-electron chi connectivity index (χ4n) is 2.71. The van der Waals surface area contributed by atoms with Crippen LogP contribution in [0.1, 0.15) is 47.5 Å². The molecule has 1 aliphatic rings. The summed E-state index contributed by atoms with van der Waals surface area (Å²) in [5, 5.41) is 3.57. The predicted octanol–water partition coefficient (Wildman–Crippen LogP) is 2.96. The third-order valence-electron chi connectivity index (χ3n) is 4.23. The van der Waals surface area contributed by atoms with E-state index in [0.717, 1.165) is 18.6 Å². The Kier molecular flexibility index (Phi) is 6.67. The Bertz CT molecular complexity index is 296. The van der Waals surface area contributed by atoms with Gasteiger partial charge in [-0.15, -0.1) is 0 Å². The molecule has 0 aromatic rings. The smallest absolute Gasteiger partial charge is 0.241 e. The number of carbonyl (C=O) groups excluding carboxylic acids is 1. The molecular weight excluding hydrogens is 256 g/mol. The second-order valence-corrected chi connectivity index (χ2v) is 7.08. The van der Waals surface area contributed by atoms with Crippen LogP contribution >= 0.6 is 11.8 Å². The lowest BCUT2D eigenvalue weighted by molar-refractivity contribution is -0.133. The second kappa shape index (κ2) is 7.53. The van der Waals surface area contributed by atoms with Gasteiger partial charge in [0.25, 0.3) is 0 Å². The van der Waals surface area contributed by atoms with E-state index >= 15 is 0 Å². The van der Waals surface area contributed by atoms with E-state index in [1.165, 1.54) is 0 Å². The zero-order valence-corrected chi connectivity index (χ0v) is 14.1. The summed E-state index contributed by atoms with van der Waals surface area (Å²) in [6.45, 7) is 10.9. The highest BCUT2D eigenvalue weighted by atomic mass is 32.2. The minimum Gasteiger partial charge on any atom is -0.323 e. The Morgan fingerprint density at radius 2 is 1.95 bits per heavy atom. The van der Waals surface area contributed by atoms with Crippen LogP contribution in [0.3, 0.4) is 0 Å².